The second kappa shape index (κ2) is 4.74. The minimum absolute atomic E-state index is 0.138. The summed E-state index contributed by atoms with van der Waals surface area (Å²) in [6.45, 7) is 7.12. The van der Waals surface area contributed by atoms with E-state index in [1.807, 2.05) is 13.0 Å². The number of carbonyl (C=O) groups is 1. The Labute approximate surface area is 120 Å². The summed E-state index contributed by atoms with van der Waals surface area (Å²) in [6, 6.07) is 4.69. The summed E-state index contributed by atoms with van der Waals surface area (Å²) in [5.74, 6) is -0.181. The number of carbonyl (C=O) groups excluding carboxylic acids is 1. The van der Waals surface area contributed by atoms with Gasteiger partial charge in [-0.15, -0.1) is 0 Å². The summed E-state index contributed by atoms with van der Waals surface area (Å²) >= 11 is 0. The predicted molar refractivity (Wildman–Crippen MR) is 78.6 cm³/mol. The predicted octanol–water partition coefficient (Wildman–Crippen LogP) is 2.70. The molecular weight excluding hydrogens is 250 g/mol. The van der Waals surface area contributed by atoms with E-state index < -0.39 is 0 Å². The van der Waals surface area contributed by atoms with Gasteiger partial charge in [0.2, 0.25) is 0 Å². The maximum Gasteiger partial charge on any atom is 0.334 e. The Morgan fingerprint density at radius 3 is 2.55 bits per heavy atom. The highest BCUT2D eigenvalue weighted by Gasteiger charge is 2.36. The molecule has 0 saturated heterocycles. The van der Waals surface area contributed by atoms with Crippen LogP contribution in [0.4, 0.5) is 0 Å². The van der Waals surface area contributed by atoms with Gasteiger partial charge < -0.3 is 4.74 Å². The van der Waals surface area contributed by atoms with Crippen LogP contribution in [0.25, 0.3) is 0 Å². The van der Waals surface area contributed by atoms with Gasteiger partial charge >= 0.3 is 5.97 Å². The molecule has 1 aromatic carbocycles. The second-order valence-electron chi connectivity index (χ2n) is 6.03. The van der Waals surface area contributed by atoms with E-state index in [-0.39, 0.29) is 18.1 Å². The number of cyclic esters (lactones) is 1. The molecule has 3 rings (SSSR count). The number of likely N-dealkylation sites (N-methyl/N-ethyl adjacent to an activating group) is 1. The second-order valence-corrected chi connectivity index (χ2v) is 6.03. The zero-order chi connectivity index (χ0) is 14.4. The lowest BCUT2D eigenvalue weighted by atomic mass is 9.87. The molecule has 3 heteroatoms. The van der Waals surface area contributed by atoms with E-state index in [1.54, 1.807) is 0 Å². The Balaban J connectivity index is 2.04. The third-order valence-corrected chi connectivity index (χ3v) is 4.57. The molecule has 0 N–H and O–H groups in total. The van der Waals surface area contributed by atoms with Crippen molar-refractivity contribution in [2.75, 3.05) is 13.6 Å². The van der Waals surface area contributed by atoms with Gasteiger partial charge in [-0.3, -0.25) is 4.90 Å². The number of esters is 1. The Bertz CT molecular complexity index is 603. The molecule has 2 atom stereocenters. The molecule has 0 saturated carbocycles. The van der Waals surface area contributed by atoms with Crippen LogP contribution in [-0.4, -0.2) is 30.6 Å². The maximum absolute atomic E-state index is 11.7. The fourth-order valence-electron chi connectivity index (χ4n) is 3.21. The van der Waals surface area contributed by atoms with E-state index in [2.05, 4.69) is 37.9 Å². The third-order valence-electron chi connectivity index (χ3n) is 4.57. The highest BCUT2D eigenvalue weighted by molar-refractivity contribution is 5.90. The third kappa shape index (κ3) is 2.06. The van der Waals surface area contributed by atoms with E-state index in [1.165, 1.54) is 22.3 Å². The number of nitrogens with zero attached hydrogens (tertiary/aromatic N) is 1. The minimum Gasteiger partial charge on any atom is -0.453 e. The molecule has 3 nitrogen and oxygen atoms in total. The van der Waals surface area contributed by atoms with Gasteiger partial charge in [-0.25, -0.2) is 4.79 Å². The number of fused-ring (bicyclic) bond motifs is 1. The van der Waals surface area contributed by atoms with Crippen molar-refractivity contribution in [1.29, 1.82) is 0 Å². The van der Waals surface area contributed by atoms with Crippen molar-refractivity contribution in [1.82, 2.24) is 4.90 Å². The standard InChI is InChI=1S/C17H21NO2/c1-10-7-13-5-6-18(4)16(14(13)8-11(10)2)15-9-12(3)17(19)20-15/h7-9,15-16H,5-6H2,1-4H3/t15?,16-/m1/s1. The van der Waals surface area contributed by atoms with Crippen LogP contribution >= 0.6 is 0 Å². The number of rotatable bonds is 1. The van der Waals surface area contributed by atoms with Crippen molar-refractivity contribution >= 4 is 5.97 Å². The highest BCUT2D eigenvalue weighted by atomic mass is 16.5. The number of hydrogen-bond acceptors (Lipinski definition) is 3. The molecule has 20 heavy (non-hydrogen) atoms. The Hall–Kier alpha value is -1.61. The fraction of sp³-hybridized carbons (Fsp3) is 0.471. The highest BCUT2D eigenvalue weighted by Crippen LogP contribution is 2.36. The number of hydrogen-bond donors (Lipinski definition) is 0. The lowest BCUT2D eigenvalue weighted by Gasteiger charge is -2.37. The maximum atomic E-state index is 11.7. The summed E-state index contributed by atoms with van der Waals surface area (Å²) in [7, 11) is 2.11. The van der Waals surface area contributed by atoms with Gasteiger partial charge in [0.15, 0.2) is 0 Å². The molecular formula is C17H21NO2. The molecule has 0 spiro atoms. The van der Waals surface area contributed by atoms with Gasteiger partial charge in [-0.2, -0.15) is 0 Å². The van der Waals surface area contributed by atoms with Gasteiger partial charge in [0.05, 0.1) is 6.04 Å². The first-order valence-electron chi connectivity index (χ1n) is 7.17. The van der Waals surface area contributed by atoms with Crippen molar-refractivity contribution in [2.24, 2.45) is 0 Å². The van der Waals surface area contributed by atoms with Crippen LogP contribution in [0.2, 0.25) is 0 Å². The molecule has 106 valence electrons. The number of benzene rings is 1. The lowest BCUT2D eigenvalue weighted by Crippen LogP contribution is -2.39. The van der Waals surface area contributed by atoms with Crippen LogP contribution in [0.3, 0.4) is 0 Å². The molecule has 0 aliphatic carbocycles. The van der Waals surface area contributed by atoms with Gasteiger partial charge in [-0.05, 0) is 62.6 Å². The van der Waals surface area contributed by atoms with Gasteiger partial charge in [0.25, 0.3) is 0 Å². The molecule has 1 unspecified atom stereocenters. The molecule has 0 fully saturated rings. The first-order valence-corrected chi connectivity index (χ1v) is 7.17. The van der Waals surface area contributed by atoms with Crippen LogP contribution in [0, 0.1) is 13.8 Å². The number of aryl methyl sites for hydroxylation is 2. The molecule has 1 aromatic rings. The normalized spacial score (nSPS) is 26.2. The molecule has 2 aliphatic heterocycles. The SMILES string of the molecule is CC1=CC([C@H]2c3cc(C)c(C)cc3CCN2C)OC1=O. The average molecular weight is 271 g/mol. The number of ether oxygens (including phenoxy) is 1. The van der Waals surface area contributed by atoms with Gasteiger partial charge in [0.1, 0.15) is 6.10 Å². The minimum atomic E-state index is -0.181. The van der Waals surface area contributed by atoms with Gasteiger partial charge in [-0.1, -0.05) is 12.1 Å². The van der Waals surface area contributed by atoms with Crippen molar-refractivity contribution in [2.45, 2.75) is 39.3 Å². The molecule has 0 aromatic heterocycles. The zero-order valence-electron chi connectivity index (χ0n) is 12.6. The van der Waals surface area contributed by atoms with E-state index in [9.17, 15) is 4.79 Å². The summed E-state index contributed by atoms with van der Waals surface area (Å²) in [5.41, 5.74) is 6.06. The van der Waals surface area contributed by atoms with Crippen LogP contribution in [-0.2, 0) is 16.0 Å². The zero-order valence-corrected chi connectivity index (χ0v) is 12.6. The average Bonchev–Trinajstić information content (AvgIpc) is 2.71. The van der Waals surface area contributed by atoms with Crippen LogP contribution in [0.5, 0.6) is 0 Å². The van der Waals surface area contributed by atoms with Crippen molar-refractivity contribution < 1.29 is 9.53 Å². The summed E-state index contributed by atoms with van der Waals surface area (Å²) in [5, 5.41) is 0. The molecule has 0 radical (unpaired) electrons. The monoisotopic (exact) mass is 271 g/mol. The van der Waals surface area contributed by atoms with Crippen LogP contribution in [0.15, 0.2) is 23.8 Å². The van der Waals surface area contributed by atoms with Crippen molar-refractivity contribution in [3.63, 3.8) is 0 Å². The largest absolute Gasteiger partial charge is 0.453 e. The molecule has 2 heterocycles. The molecule has 2 aliphatic rings. The first kappa shape index (κ1) is 13.4. The van der Waals surface area contributed by atoms with Crippen molar-refractivity contribution in [3.05, 3.63) is 46.0 Å². The summed E-state index contributed by atoms with van der Waals surface area (Å²) in [4.78, 5) is 14.0. The van der Waals surface area contributed by atoms with E-state index in [0.717, 1.165) is 18.5 Å². The Morgan fingerprint density at radius 2 is 1.90 bits per heavy atom. The smallest absolute Gasteiger partial charge is 0.334 e. The fourth-order valence-corrected chi connectivity index (χ4v) is 3.21. The van der Waals surface area contributed by atoms with Crippen LogP contribution < -0.4 is 0 Å². The van der Waals surface area contributed by atoms with Gasteiger partial charge in [0, 0.05) is 12.1 Å². The Kier molecular flexibility index (Phi) is 3.17. The van der Waals surface area contributed by atoms with Crippen LogP contribution in [0.1, 0.15) is 35.2 Å². The summed E-state index contributed by atoms with van der Waals surface area (Å²) in [6.07, 6.45) is 2.87. The quantitative estimate of drug-likeness (QED) is 0.736. The molecule has 0 amide bonds. The molecule has 0 bridgehead atoms. The van der Waals surface area contributed by atoms with E-state index in [4.69, 9.17) is 4.74 Å². The van der Waals surface area contributed by atoms with E-state index >= 15 is 0 Å². The lowest BCUT2D eigenvalue weighted by molar-refractivity contribution is -0.142. The first-order chi connectivity index (χ1) is 9.47. The van der Waals surface area contributed by atoms with E-state index in [0.29, 0.717) is 0 Å². The van der Waals surface area contributed by atoms with Crippen molar-refractivity contribution in [3.8, 4) is 0 Å². The summed E-state index contributed by atoms with van der Waals surface area (Å²) < 4.78 is 5.54. The topological polar surface area (TPSA) is 29.5 Å². The Morgan fingerprint density at radius 1 is 1.20 bits per heavy atom.